The van der Waals surface area contributed by atoms with Gasteiger partial charge in [0, 0.05) is 42.4 Å². The summed E-state index contributed by atoms with van der Waals surface area (Å²) in [4.78, 5) is 15.6. The Kier molecular flexibility index (Phi) is 8.85. The number of aromatic nitrogens is 3. The first kappa shape index (κ1) is 37.5. The first-order valence-corrected chi connectivity index (χ1v) is 23.1. The quantitative estimate of drug-likeness (QED) is 0.157. The van der Waals surface area contributed by atoms with Gasteiger partial charge in [0.05, 0.1) is 0 Å². The average molecular weight is 846 g/mol. The molecule has 0 spiro atoms. The Labute approximate surface area is 380 Å². The summed E-state index contributed by atoms with van der Waals surface area (Å²) in [6.45, 7) is 0. The molecule has 0 radical (unpaired) electrons. The molecule has 1 aliphatic carbocycles. The fraction of sp³-hybridized carbons (Fsp3) is 0.0328. The zero-order chi connectivity index (χ0) is 42.8. The van der Waals surface area contributed by atoms with E-state index in [4.69, 9.17) is 15.0 Å². The van der Waals surface area contributed by atoms with Crippen LogP contribution in [0.3, 0.4) is 0 Å². The van der Waals surface area contributed by atoms with E-state index in [1.165, 1.54) is 91.6 Å². The van der Waals surface area contributed by atoms with Crippen LogP contribution in [0.1, 0.15) is 17.5 Å². The summed E-state index contributed by atoms with van der Waals surface area (Å²) in [5.74, 6) is 2.02. The predicted molar refractivity (Wildman–Crippen MR) is 275 cm³/mol. The minimum absolute atomic E-state index is 0.665. The second-order valence-electron chi connectivity index (χ2n) is 16.9. The van der Waals surface area contributed by atoms with Gasteiger partial charge < -0.3 is 0 Å². The van der Waals surface area contributed by atoms with Crippen molar-refractivity contribution in [3.05, 3.63) is 217 Å². The molecule has 0 fully saturated rings. The van der Waals surface area contributed by atoms with Crippen molar-refractivity contribution in [1.29, 1.82) is 0 Å². The lowest BCUT2D eigenvalue weighted by molar-refractivity contribution is 0.988. The summed E-state index contributed by atoms with van der Waals surface area (Å²) in [7, 11) is 0. The van der Waals surface area contributed by atoms with Gasteiger partial charge in [-0.2, -0.15) is 0 Å². The van der Waals surface area contributed by atoms with E-state index in [-0.39, 0.29) is 0 Å². The number of thiophene rings is 1. The molecule has 4 heteroatoms. The molecule has 2 aromatic heterocycles. The maximum atomic E-state index is 5.26. The Morgan fingerprint density at radius 1 is 0.354 bits per heavy atom. The summed E-state index contributed by atoms with van der Waals surface area (Å²) >= 11 is 1.90. The highest BCUT2D eigenvalue weighted by Gasteiger charge is 2.25. The Hall–Kier alpha value is -8.05. The van der Waals surface area contributed by atoms with Gasteiger partial charge in [-0.05, 0) is 96.2 Å². The van der Waals surface area contributed by atoms with Crippen LogP contribution in [0.25, 0.3) is 126 Å². The first-order chi connectivity index (χ1) is 32.3. The summed E-state index contributed by atoms with van der Waals surface area (Å²) < 4.78 is 2.60. The fourth-order valence-electron chi connectivity index (χ4n) is 10.4. The van der Waals surface area contributed by atoms with Gasteiger partial charge in [-0.25, -0.2) is 15.0 Å². The van der Waals surface area contributed by atoms with Crippen LogP contribution in [0.5, 0.6) is 0 Å². The number of allylic oxidation sites excluding steroid dienone is 1. The van der Waals surface area contributed by atoms with Crippen LogP contribution in [0.4, 0.5) is 0 Å². The van der Waals surface area contributed by atoms with Gasteiger partial charge in [0.2, 0.25) is 0 Å². The molecule has 0 amide bonds. The van der Waals surface area contributed by atoms with Crippen LogP contribution in [-0.2, 0) is 6.42 Å². The van der Waals surface area contributed by atoms with Gasteiger partial charge in [-0.15, -0.1) is 11.3 Å². The SMILES string of the molecule is C1=Cc2c(c(-c3ccc4sc5c(-c6c7ccccc7c(-c7ccccc7)c7ccccc67)cccc5c4c3)c3ccccc3c2-c2nc(-c3ccccc3)nc(-c3ccccc3)n2)CC1. The van der Waals surface area contributed by atoms with Gasteiger partial charge in [-0.3, -0.25) is 0 Å². The standard InChI is InChI=1S/C61H39N3S/c1-4-19-38(20-5-1)54-42-25-10-14-29-46(42)56(47-30-15-11-26-43(47)54)51-34-18-33-50-52-37-41(35-36-53(52)65-58(50)51)55-44-27-12-16-31-48(44)57(49-32-17-13-28-45(49)55)61-63-59(39-21-6-2-7-22-39)62-60(64-61)40-23-8-3-9-24-40/h1-12,14-27,29-37H,13,28H2. The third-order valence-electron chi connectivity index (χ3n) is 13.2. The number of nitrogens with zero attached hydrogens (tertiary/aromatic N) is 3. The first-order valence-electron chi connectivity index (χ1n) is 22.3. The molecule has 0 atom stereocenters. The van der Waals surface area contributed by atoms with E-state index in [9.17, 15) is 0 Å². The number of rotatable bonds is 6. The second-order valence-corrected chi connectivity index (χ2v) is 17.9. The lowest BCUT2D eigenvalue weighted by atomic mass is 9.81. The molecule has 0 saturated heterocycles. The Morgan fingerprint density at radius 3 is 1.45 bits per heavy atom. The maximum absolute atomic E-state index is 5.26. The zero-order valence-corrected chi connectivity index (χ0v) is 36.2. The van der Waals surface area contributed by atoms with Gasteiger partial charge in [-0.1, -0.05) is 200 Å². The summed E-state index contributed by atoms with van der Waals surface area (Å²) in [6, 6.07) is 72.2. The summed E-state index contributed by atoms with van der Waals surface area (Å²) in [6.07, 6.45) is 6.50. The van der Waals surface area contributed by atoms with E-state index in [1.54, 1.807) is 0 Å². The molecule has 0 unspecified atom stereocenters. The number of hydrogen-bond acceptors (Lipinski definition) is 4. The minimum Gasteiger partial charge on any atom is -0.208 e. The average Bonchev–Trinajstić information content (AvgIpc) is 3.76. The smallest absolute Gasteiger partial charge is 0.165 e. The molecule has 304 valence electrons. The van der Waals surface area contributed by atoms with Crippen LogP contribution < -0.4 is 0 Å². The summed E-state index contributed by atoms with van der Waals surface area (Å²) in [5.41, 5.74) is 13.1. The largest absolute Gasteiger partial charge is 0.208 e. The van der Waals surface area contributed by atoms with Crippen molar-refractivity contribution < 1.29 is 0 Å². The highest BCUT2D eigenvalue weighted by atomic mass is 32.1. The zero-order valence-electron chi connectivity index (χ0n) is 35.4. The lowest BCUT2D eigenvalue weighted by Gasteiger charge is -2.23. The van der Waals surface area contributed by atoms with Gasteiger partial charge in [0.25, 0.3) is 0 Å². The molecule has 13 rings (SSSR count). The maximum Gasteiger partial charge on any atom is 0.165 e. The van der Waals surface area contributed by atoms with Crippen LogP contribution in [-0.4, -0.2) is 15.0 Å². The normalized spacial score (nSPS) is 12.4. The van der Waals surface area contributed by atoms with E-state index in [2.05, 4.69) is 176 Å². The van der Waals surface area contributed by atoms with E-state index in [0.717, 1.165) is 34.9 Å². The fourth-order valence-corrected chi connectivity index (χ4v) is 11.6. The molecule has 0 aliphatic heterocycles. The number of benzene rings is 10. The van der Waals surface area contributed by atoms with Crippen LogP contribution >= 0.6 is 11.3 Å². The molecule has 2 heterocycles. The van der Waals surface area contributed by atoms with Crippen molar-refractivity contribution in [2.75, 3.05) is 0 Å². The number of fused-ring (bicyclic) bond motifs is 7. The van der Waals surface area contributed by atoms with Crippen molar-refractivity contribution in [1.82, 2.24) is 15.0 Å². The molecule has 0 bridgehead atoms. The lowest BCUT2D eigenvalue weighted by Crippen LogP contribution is -2.06. The monoisotopic (exact) mass is 845 g/mol. The topological polar surface area (TPSA) is 38.7 Å². The molecular formula is C61H39N3S. The van der Waals surface area contributed by atoms with Crippen LogP contribution in [0.15, 0.2) is 206 Å². The van der Waals surface area contributed by atoms with Gasteiger partial charge >= 0.3 is 0 Å². The molecule has 65 heavy (non-hydrogen) atoms. The van der Waals surface area contributed by atoms with Crippen molar-refractivity contribution in [3.8, 4) is 67.5 Å². The molecule has 10 aromatic carbocycles. The van der Waals surface area contributed by atoms with Crippen LogP contribution in [0.2, 0.25) is 0 Å². The minimum atomic E-state index is 0.665. The highest BCUT2D eigenvalue weighted by Crippen LogP contribution is 2.50. The van der Waals surface area contributed by atoms with Crippen molar-refractivity contribution >= 4 is 69.9 Å². The van der Waals surface area contributed by atoms with E-state index in [1.807, 2.05) is 47.7 Å². The van der Waals surface area contributed by atoms with Gasteiger partial charge in [0.15, 0.2) is 17.5 Å². The third kappa shape index (κ3) is 6.13. The van der Waals surface area contributed by atoms with Gasteiger partial charge in [0.1, 0.15) is 0 Å². The Balaban J connectivity index is 1.03. The molecular weight excluding hydrogens is 807 g/mol. The van der Waals surface area contributed by atoms with Crippen molar-refractivity contribution in [3.63, 3.8) is 0 Å². The van der Waals surface area contributed by atoms with E-state index < -0.39 is 0 Å². The number of hydrogen-bond donors (Lipinski definition) is 0. The molecule has 3 nitrogen and oxygen atoms in total. The molecule has 0 N–H and O–H groups in total. The van der Waals surface area contributed by atoms with Crippen molar-refractivity contribution in [2.45, 2.75) is 12.8 Å². The summed E-state index contributed by atoms with van der Waals surface area (Å²) in [5, 5.41) is 9.98. The second kappa shape index (κ2) is 15.3. The van der Waals surface area contributed by atoms with E-state index >= 15 is 0 Å². The van der Waals surface area contributed by atoms with E-state index in [0.29, 0.717) is 17.5 Å². The molecule has 1 aliphatic rings. The third-order valence-corrected chi connectivity index (χ3v) is 14.4. The highest BCUT2D eigenvalue weighted by molar-refractivity contribution is 7.26. The molecule has 0 saturated carbocycles. The van der Waals surface area contributed by atoms with Crippen molar-refractivity contribution in [2.24, 2.45) is 0 Å². The molecule has 12 aromatic rings. The predicted octanol–water partition coefficient (Wildman–Crippen LogP) is 16.7. The Bertz CT molecular complexity index is 3760. The Morgan fingerprint density at radius 2 is 0.846 bits per heavy atom. The van der Waals surface area contributed by atoms with Crippen LogP contribution in [0, 0.1) is 0 Å².